The Bertz CT molecular complexity index is 867. The zero-order valence-electron chi connectivity index (χ0n) is 14.2. The van der Waals surface area contributed by atoms with Gasteiger partial charge in [0, 0.05) is 37.1 Å². The quantitative estimate of drug-likeness (QED) is 0.707. The number of fused-ring (bicyclic) bond motifs is 2. The van der Waals surface area contributed by atoms with E-state index in [0.29, 0.717) is 0 Å². The van der Waals surface area contributed by atoms with Gasteiger partial charge in [-0.25, -0.2) is 0 Å². The molecule has 1 aromatic heterocycles. The van der Waals surface area contributed by atoms with E-state index in [1.165, 1.54) is 24.0 Å². The standard InChI is InChI=1S/C22H22N2O/c1-2-7-18(8-3-1)25-15-21-19-13-24(14-20(19)21)12-16-10-17-6-4-5-9-22(17)23-11-16/h1-11,19-21H,12-15H2/t19-,20+,21?. The molecule has 0 bridgehead atoms. The number of rotatable bonds is 5. The van der Waals surface area contributed by atoms with E-state index in [-0.39, 0.29) is 0 Å². The molecule has 2 aromatic carbocycles. The summed E-state index contributed by atoms with van der Waals surface area (Å²) in [5.41, 5.74) is 2.39. The predicted octanol–water partition coefficient (Wildman–Crippen LogP) is 3.99. The van der Waals surface area contributed by atoms with Crippen molar-refractivity contribution < 1.29 is 4.74 Å². The van der Waals surface area contributed by atoms with E-state index in [4.69, 9.17) is 4.74 Å². The predicted molar refractivity (Wildman–Crippen MR) is 99.4 cm³/mol. The fraction of sp³-hybridized carbons (Fsp3) is 0.318. The third-order valence-electron chi connectivity index (χ3n) is 5.69. The van der Waals surface area contributed by atoms with Crippen molar-refractivity contribution in [3.63, 3.8) is 0 Å². The Kier molecular flexibility index (Phi) is 3.67. The van der Waals surface area contributed by atoms with Crippen LogP contribution in [0.4, 0.5) is 0 Å². The van der Waals surface area contributed by atoms with Crippen LogP contribution < -0.4 is 4.74 Å². The van der Waals surface area contributed by atoms with Gasteiger partial charge in [-0.3, -0.25) is 9.88 Å². The van der Waals surface area contributed by atoms with Gasteiger partial charge in [-0.2, -0.15) is 0 Å². The average molecular weight is 330 g/mol. The van der Waals surface area contributed by atoms with Crippen LogP contribution in [0.5, 0.6) is 5.75 Å². The third kappa shape index (κ3) is 3.00. The first-order chi connectivity index (χ1) is 12.4. The lowest BCUT2D eigenvalue weighted by molar-refractivity contribution is 0.230. The Labute approximate surface area is 148 Å². The Balaban J connectivity index is 1.15. The molecule has 1 saturated heterocycles. The van der Waals surface area contributed by atoms with Gasteiger partial charge < -0.3 is 4.74 Å². The van der Waals surface area contributed by atoms with Crippen LogP contribution in [-0.4, -0.2) is 29.6 Å². The zero-order valence-corrected chi connectivity index (χ0v) is 14.2. The maximum Gasteiger partial charge on any atom is 0.119 e. The number of benzene rings is 2. The van der Waals surface area contributed by atoms with Crippen LogP contribution in [0.3, 0.4) is 0 Å². The minimum atomic E-state index is 0.742. The SMILES string of the molecule is c1ccc(OCC2[C@H]3CN(Cc4cnc5ccccc5c4)C[C@@H]23)cc1. The van der Waals surface area contributed by atoms with E-state index < -0.39 is 0 Å². The topological polar surface area (TPSA) is 25.4 Å². The van der Waals surface area contributed by atoms with Gasteiger partial charge in [0.25, 0.3) is 0 Å². The second-order valence-electron chi connectivity index (χ2n) is 7.35. The number of aromatic nitrogens is 1. The number of nitrogens with zero attached hydrogens (tertiary/aromatic N) is 2. The lowest BCUT2D eigenvalue weighted by Gasteiger charge is -2.19. The molecule has 0 radical (unpaired) electrons. The fourth-order valence-electron chi connectivity index (χ4n) is 4.28. The number of pyridine rings is 1. The van der Waals surface area contributed by atoms with Gasteiger partial charge in [0.05, 0.1) is 12.1 Å². The van der Waals surface area contributed by atoms with Crippen molar-refractivity contribution in [1.82, 2.24) is 9.88 Å². The normalized spacial score (nSPS) is 25.0. The summed E-state index contributed by atoms with van der Waals surface area (Å²) in [5.74, 6) is 3.37. The second kappa shape index (κ2) is 6.16. The van der Waals surface area contributed by atoms with Gasteiger partial charge in [0.15, 0.2) is 0 Å². The largest absolute Gasteiger partial charge is 0.493 e. The van der Waals surface area contributed by atoms with Crippen molar-refractivity contribution in [2.24, 2.45) is 17.8 Å². The molecule has 1 aliphatic heterocycles. The highest BCUT2D eigenvalue weighted by molar-refractivity contribution is 5.78. The minimum absolute atomic E-state index is 0.742. The van der Waals surface area contributed by atoms with Gasteiger partial charge in [-0.15, -0.1) is 0 Å². The van der Waals surface area contributed by atoms with Crippen LogP contribution in [0.15, 0.2) is 66.9 Å². The van der Waals surface area contributed by atoms with E-state index >= 15 is 0 Å². The zero-order chi connectivity index (χ0) is 16.6. The van der Waals surface area contributed by atoms with Crippen molar-refractivity contribution in [3.8, 4) is 5.75 Å². The number of para-hydroxylation sites is 2. The first-order valence-corrected chi connectivity index (χ1v) is 9.11. The van der Waals surface area contributed by atoms with Crippen LogP contribution in [-0.2, 0) is 6.54 Å². The molecule has 1 aliphatic carbocycles. The van der Waals surface area contributed by atoms with Crippen LogP contribution >= 0.6 is 0 Å². The van der Waals surface area contributed by atoms with Gasteiger partial charge in [-0.05, 0) is 41.7 Å². The maximum absolute atomic E-state index is 5.94. The molecule has 3 nitrogen and oxygen atoms in total. The summed E-state index contributed by atoms with van der Waals surface area (Å²) in [5, 5.41) is 1.23. The van der Waals surface area contributed by atoms with Crippen molar-refractivity contribution in [2.45, 2.75) is 6.54 Å². The summed E-state index contributed by atoms with van der Waals surface area (Å²) in [7, 11) is 0. The average Bonchev–Trinajstić information content (AvgIpc) is 3.12. The lowest BCUT2D eigenvalue weighted by Crippen LogP contribution is -2.25. The molecule has 0 N–H and O–H groups in total. The molecule has 126 valence electrons. The van der Waals surface area contributed by atoms with Gasteiger partial charge >= 0.3 is 0 Å². The molecule has 5 rings (SSSR count). The number of hydrogen-bond acceptors (Lipinski definition) is 3. The van der Waals surface area contributed by atoms with Gasteiger partial charge in [-0.1, -0.05) is 36.4 Å². The second-order valence-corrected chi connectivity index (χ2v) is 7.35. The van der Waals surface area contributed by atoms with Crippen LogP contribution in [0, 0.1) is 17.8 Å². The first kappa shape index (κ1) is 14.9. The maximum atomic E-state index is 5.94. The molecular formula is C22H22N2O. The highest BCUT2D eigenvalue weighted by atomic mass is 16.5. The minimum Gasteiger partial charge on any atom is -0.493 e. The van der Waals surface area contributed by atoms with E-state index in [2.05, 4.69) is 34.1 Å². The molecule has 3 heteroatoms. The summed E-state index contributed by atoms with van der Waals surface area (Å²) >= 11 is 0. The lowest BCUT2D eigenvalue weighted by atomic mass is 10.1. The van der Waals surface area contributed by atoms with Crippen LogP contribution in [0.2, 0.25) is 0 Å². The first-order valence-electron chi connectivity index (χ1n) is 9.11. The Morgan fingerprint density at radius 1 is 0.960 bits per heavy atom. The van der Waals surface area contributed by atoms with Crippen LogP contribution in [0.25, 0.3) is 10.9 Å². The summed E-state index contributed by atoms with van der Waals surface area (Å²) in [6, 6.07) is 20.8. The van der Waals surface area contributed by atoms with Gasteiger partial charge in [0.1, 0.15) is 5.75 Å². The smallest absolute Gasteiger partial charge is 0.119 e. The van der Waals surface area contributed by atoms with Crippen molar-refractivity contribution in [2.75, 3.05) is 19.7 Å². The molecular weight excluding hydrogens is 308 g/mol. The molecule has 0 amide bonds. The summed E-state index contributed by atoms with van der Waals surface area (Å²) in [4.78, 5) is 7.15. The van der Waals surface area contributed by atoms with Crippen LogP contribution in [0.1, 0.15) is 5.56 Å². The number of likely N-dealkylation sites (tertiary alicyclic amines) is 1. The Morgan fingerprint density at radius 2 is 1.72 bits per heavy atom. The fourth-order valence-corrected chi connectivity index (χ4v) is 4.28. The van der Waals surface area contributed by atoms with Crippen molar-refractivity contribution in [3.05, 3.63) is 72.4 Å². The summed E-state index contributed by atoms with van der Waals surface area (Å²) in [6.45, 7) is 4.27. The van der Waals surface area contributed by atoms with Crippen molar-refractivity contribution >= 4 is 10.9 Å². The third-order valence-corrected chi connectivity index (χ3v) is 5.69. The number of piperidine rings is 1. The molecule has 1 unspecified atom stereocenters. The van der Waals surface area contributed by atoms with E-state index in [0.717, 1.165) is 42.2 Å². The van der Waals surface area contributed by atoms with Gasteiger partial charge in [0.2, 0.25) is 0 Å². The Morgan fingerprint density at radius 3 is 2.56 bits per heavy atom. The molecule has 25 heavy (non-hydrogen) atoms. The highest BCUT2D eigenvalue weighted by Crippen LogP contribution is 2.52. The summed E-state index contributed by atoms with van der Waals surface area (Å²) < 4.78 is 5.94. The monoisotopic (exact) mass is 330 g/mol. The highest BCUT2D eigenvalue weighted by Gasteiger charge is 2.55. The molecule has 2 aliphatic rings. The summed E-state index contributed by atoms with van der Waals surface area (Å²) in [6.07, 6.45) is 2.03. The number of ether oxygens (including phenoxy) is 1. The number of hydrogen-bond donors (Lipinski definition) is 0. The molecule has 0 spiro atoms. The molecule has 3 aromatic rings. The molecule has 3 atom stereocenters. The molecule has 2 fully saturated rings. The van der Waals surface area contributed by atoms with E-state index in [9.17, 15) is 0 Å². The van der Waals surface area contributed by atoms with E-state index in [1.54, 1.807) is 0 Å². The molecule has 1 saturated carbocycles. The molecule has 2 heterocycles. The Hall–Kier alpha value is -2.39. The van der Waals surface area contributed by atoms with E-state index in [1.807, 2.05) is 42.6 Å². The van der Waals surface area contributed by atoms with Crippen molar-refractivity contribution in [1.29, 1.82) is 0 Å².